The zero-order valence-electron chi connectivity index (χ0n) is 17.4. The maximum atomic E-state index is 12.8. The van der Waals surface area contributed by atoms with Crippen molar-refractivity contribution >= 4 is 45.3 Å². The summed E-state index contributed by atoms with van der Waals surface area (Å²) in [7, 11) is 0. The fourth-order valence-electron chi connectivity index (χ4n) is 3.48. The highest BCUT2D eigenvalue weighted by atomic mass is 32.2. The van der Waals surface area contributed by atoms with E-state index in [1.807, 2.05) is 66.9 Å². The molecule has 2 heterocycles. The number of nitrogens with zero attached hydrogens (tertiary/aromatic N) is 3. The number of aromatic nitrogens is 1. The first-order valence-electron chi connectivity index (χ1n) is 9.92. The lowest BCUT2D eigenvalue weighted by atomic mass is 10.2. The smallest absolute Gasteiger partial charge is 0.235 e. The molecule has 3 aromatic rings. The molecule has 0 saturated carbocycles. The summed E-state index contributed by atoms with van der Waals surface area (Å²) in [4.78, 5) is 17.4. The van der Waals surface area contributed by atoms with Crippen molar-refractivity contribution in [2.24, 2.45) is 4.99 Å². The van der Waals surface area contributed by atoms with Gasteiger partial charge in [-0.05, 0) is 36.6 Å². The fraction of sp³-hybridized carbons (Fsp3) is 0.208. The lowest BCUT2D eigenvalue weighted by molar-refractivity contribution is -0.113. The number of hydrogen-bond acceptors (Lipinski definition) is 5. The Labute approximate surface area is 190 Å². The minimum Gasteiger partial charge on any atom is -0.326 e. The summed E-state index contributed by atoms with van der Waals surface area (Å²) in [6, 6.07) is 20.4. The maximum Gasteiger partial charge on any atom is 0.235 e. The highest BCUT2D eigenvalue weighted by Gasteiger charge is 2.20. The number of para-hydroxylation sites is 1. The zero-order valence-corrected chi connectivity index (χ0v) is 19.0. The van der Waals surface area contributed by atoms with Crippen molar-refractivity contribution < 1.29 is 4.79 Å². The van der Waals surface area contributed by atoms with Gasteiger partial charge in [0.2, 0.25) is 5.91 Å². The molecule has 0 radical (unpaired) electrons. The molecule has 31 heavy (non-hydrogen) atoms. The Hall–Kier alpha value is -2.95. The van der Waals surface area contributed by atoms with Crippen LogP contribution in [0.3, 0.4) is 0 Å². The molecule has 0 fully saturated rings. The first-order valence-corrected chi connectivity index (χ1v) is 11.9. The molecule has 0 spiro atoms. The van der Waals surface area contributed by atoms with E-state index >= 15 is 0 Å². The predicted octanol–water partition coefficient (Wildman–Crippen LogP) is 5.63. The number of aliphatic imine (C=N–C) groups is 1. The molecule has 0 saturated heterocycles. The van der Waals surface area contributed by atoms with E-state index in [1.54, 1.807) is 11.8 Å². The molecule has 0 bridgehead atoms. The van der Waals surface area contributed by atoms with Crippen molar-refractivity contribution in [2.45, 2.75) is 26.1 Å². The number of fused-ring (bicyclic) bond motifs is 1. The van der Waals surface area contributed by atoms with Gasteiger partial charge in [-0.1, -0.05) is 72.1 Å². The largest absolute Gasteiger partial charge is 0.326 e. The van der Waals surface area contributed by atoms with Gasteiger partial charge in [-0.25, -0.2) is 4.99 Å². The van der Waals surface area contributed by atoms with Crippen LogP contribution in [0.25, 0.3) is 0 Å². The number of carbonyl (C=O) groups excluding carboxylic acids is 1. The second-order valence-corrected chi connectivity index (χ2v) is 9.44. The quantitative estimate of drug-likeness (QED) is 0.551. The van der Waals surface area contributed by atoms with Crippen LogP contribution in [0.1, 0.15) is 27.9 Å². The summed E-state index contributed by atoms with van der Waals surface area (Å²) in [6.07, 6.45) is 0. The SMILES string of the molecule is Cc1c(C#N)c(NC(=O)CSC2=Nc3ccccc3CS2)n(Cc2ccccc2)c1C. The summed E-state index contributed by atoms with van der Waals surface area (Å²) < 4.78 is 2.90. The van der Waals surface area contributed by atoms with Crippen molar-refractivity contribution in [3.8, 4) is 6.07 Å². The molecule has 0 atom stereocenters. The summed E-state index contributed by atoms with van der Waals surface area (Å²) in [5.74, 6) is 1.53. The molecule has 0 aliphatic carbocycles. The molecular formula is C24H22N4OS2. The third-order valence-electron chi connectivity index (χ3n) is 5.26. The number of hydrogen-bond donors (Lipinski definition) is 1. The van der Waals surface area contributed by atoms with Crippen LogP contribution in [-0.2, 0) is 17.1 Å². The van der Waals surface area contributed by atoms with Crippen molar-refractivity contribution in [2.75, 3.05) is 11.1 Å². The second kappa shape index (κ2) is 9.46. The number of nitrogens with one attached hydrogen (secondary N) is 1. The average molecular weight is 447 g/mol. The van der Waals surface area contributed by atoms with Gasteiger partial charge in [0.15, 0.2) is 0 Å². The maximum absolute atomic E-state index is 12.8. The third kappa shape index (κ3) is 4.71. The third-order valence-corrected chi connectivity index (χ3v) is 7.51. The van der Waals surface area contributed by atoms with Crippen molar-refractivity contribution in [1.29, 1.82) is 5.26 Å². The van der Waals surface area contributed by atoms with Gasteiger partial charge < -0.3 is 9.88 Å². The Bertz CT molecular complexity index is 1190. The summed E-state index contributed by atoms with van der Waals surface area (Å²) in [5, 5.41) is 12.7. The lowest BCUT2D eigenvalue weighted by Crippen LogP contribution is -2.19. The van der Waals surface area contributed by atoms with Gasteiger partial charge in [-0.3, -0.25) is 4.79 Å². The Morgan fingerprint density at radius 1 is 1.19 bits per heavy atom. The lowest BCUT2D eigenvalue weighted by Gasteiger charge is -2.15. The van der Waals surface area contributed by atoms with Crippen LogP contribution in [0.4, 0.5) is 11.5 Å². The van der Waals surface area contributed by atoms with E-state index < -0.39 is 0 Å². The highest BCUT2D eigenvalue weighted by Crippen LogP contribution is 2.34. The van der Waals surface area contributed by atoms with Crippen LogP contribution in [0.5, 0.6) is 0 Å². The molecule has 2 aromatic carbocycles. The molecule has 1 amide bonds. The normalized spacial score (nSPS) is 12.6. The van der Waals surface area contributed by atoms with Crippen LogP contribution in [-0.4, -0.2) is 20.6 Å². The molecule has 0 unspecified atom stereocenters. The van der Waals surface area contributed by atoms with Crippen molar-refractivity contribution in [1.82, 2.24) is 4.57 Å². The Balaban J connectivity index is 1.50. The minimum atomic E-state index is -0.143. The number of benzene rings is 2. The molecular weight excluding hydrogens is 424 g/mol. The van der Waals surface area contributed by atoms with Gasteiger partial charge in [-0.15, -0.1) is 0 Å². The molecule has 1 aliphatic heterocycles. The van der Waals surface area contributed by atoms with Crippen molar-refractivity contribution in [3.63, 3.8) is 0 Å². The molecule has 7 heteroatoms. The molecule has 1 N–H and O–H groups in total. The summed E-state index contributed by atoms with van der Waals surface area (Å²) in [5.41, 5.74) is 5.69. The van der Waals surface area contributed by atoms with Gasteiger partial charge in [0, 0.05) is 18.0 Å². The monoisotopic (exact) mass is 446 g/mol. The van der Waals surface area contributed by atoms with Gasteiger partial charge >= 0.3 is 0 Å². The Morgan fingerprint density at radius 3 is 2.71 bits per heavy atom. The number of rotatable bonds is 5. The molecule has 156 valence electrons. The van der Waals surface area contributed by atoms with E-state index in [1.165, 1.54) is 17.3 Å². The van der Waals surface area contributed by atoms with E-state index in [0.717, 1.165) is 32.6 Å². The zero-order chi connectivity index (χ0) is 21.8. The van der Waals surface area contributed by atoms with Gasteiger partial charge in [-0.2, -0.15) is 5.26 Å². The van der Waals surface area contributed by atoms with Gasteiger partial charge in [0.1, 0.15) is 16.3 Å². The number of nitriles is 1. The van der Waals surface area contributed by atoms with Crippen LogP contribution in [0.15, 0.2) is 59.6 Å². The summed E-state index contributed by atoms with van der Waals surface area (Å²) >= 11 is 3.08. The molecule has 1 aromatic heterocycles. The first kappa shape index (κ1) is 21.3. The van der Waals surface area contributed by atoms with Crippen LogP contribution in [0.2, 0.25) is 0 Å². The van der Waals surface area contributed by atoms with Gasteiger partial charge in [0.25, 0.3) is 0 Å². The molecule has 1 aliphatic rings. The first-order chi connectivity index (χ1) is 15.1. The number of carbonyl (C=O) groups is 1. The predicted molar refractivity (Wildman–Crippen MR) is 130 cm³/mol. The van der Waals surface area contributed by atoms with E-state index in [4.69, 9.17) is 0 Å². The number of thioether (sulfide) groups is 2. The van der Waals surface area contributed by atoms with Crippen LogP contribution >= 0.6 is 23.5 Å². The van der Waals surface area contributed by atoms with Crippen LogP contribution in [0, 0.1) is 25.2 Å². The van der Waals surface area contributed by atoms with Crippen molar-refractivity contribution in [3.05, 3.63) is 82.5 Å². The van der Waals surface area contributed by atoms with Crippen LogP contribution < -0.4 is 5.32 Å². The van der Waals surface area contributed by atoms with E-state index in [0.29, 0.717) is 17.9 Å². The average Bonchev–Trinajstić information content (AvgIpc) is 3.02. The molecule has 5 nitrogen and oxygen atoms in total. The molecule has 4 rings (SSSR count). The highest BCUT2D eigenvalue weighted by molar-refractivity contribution is 8.38. The van der Waals surface area contributed by atoms with E-state index in [-0.39, 0.29) is 11.7 Å². The Kier molecular flexibility index (Phi) is 6.50. The number of amides is 1. The topological polar surface area (TPSA) is 70.2 Å². The second-order valence-electron chi connectivity index (χ2n) is 7.25. The fourth-order valence-corrected chi connectivity index (χ4v) is 5.34. The van der Waals surface area contributed by atoms with Gasteiger partial charge in [0.05, 0.1) is 17.0 Å². The number of anilines is 1. The Morgan fingerprint density at radius 2 is 1.94 bits per heavy atom. The van der Waals surface area contributed by atoms with E-state index in [2.05, 4.69) is 22.4 Å². The minimum absolute atomic E-state index is 0.143. The standard InChI is InChI=1S/C24H22N4OS2/c1-16-17(2)28(13-18-8-4-3-5-9-18)23(20(16)12-25)27-22(29)15-31-24-26-21-11-7-6-10-19(21)14-30-24/h3-11H,13-15H2,1-2H3,(H,27,29). The summed E-state index contributed by atoms with van der Waals surface area (Å²) in [6.45, 7) is 4.50. The van der Waals surface area contributed by atoms with E-state index in [9.17, 15) is 10.1 Å².